The molecule has 1 aromatic carbocycles. The van der Waals surface area contributed by atoms with E-state index in [1.165, 1.54) is 18.5 Å². The van der Waals surface area contributed by atoms with Crippen molar-refractivity contribution >= 4 is 0 Å². The molecule has 0 aromatic heterocycles. The van der Waals surface area contributed by atoms with Gasteiger partial charge in [-0.05, 0) is 25.5 Å². The van der Waals surface area contributed by atoms with Crippen LogP contribution in [0.1, 0.15) is 12.0 Å². The Kier molecular flexibility index (Phi) is 3.00. The van der Waals surface area contributed by atoms with Gasteiger partial charge in [0, 0.05) is 12.6 Å². The second-order valence-electron chi connectivity index (χ2n) is 3.95. The van der Waals surface area contributed by atoms with Crippen molar-refractivity contribution in [1.82, 2.24) is 4.90 Å². The minimum absolute atomic E-state index is 0.589. The highest BCUT2D eigenvalue weighted by atomic mass is 15.1. The van der Waals surface area contributed by atoms with E-state index in [4.69, 9.17) is 0 Å². The van der Waals surface area contributed by atoms with E-state index in [2.05, 4.69) is 54.4 Å². The van der Waals surface area contributed by atoms with Crippen molar-refractivity contribution in [3.05, 3.63) is 48.0 Å². The van der Waals surface area contributed by atoms with E-state index >= 15 is 0 Å². The van der Waals surface area contributed by atoms with E-state index in [0.29, 0.717) is 6.04 Å². The highest BCUT2D eigenvalue weighted by Crippen LogP contribution is 2.13. The summed E-state index contributed by atoms with van der Waals surface area (Å²) in [4.78, 5) is 2.42. The molecule has 0 fully saturated rings. The predicted octanol–water partition coefficient (Wildman–Crippen LogP) is 2.49. The van der Waals surface area contributed by atoms with Crippen molar-refractivity contribution in [3.63, 3.8) is 0 Å². The molecule has 1 heteroatoms. The van der Waals surface area contributed by atoms with Crippen LogP contribution >= 0.6 is 0 Å². The van der Waals surface area contributed by atoms with Crippen LogP contribution < -0.4 is 0 Å². The molecule has 0 saturated heterocycles. The van der Waals surface area contributed by atoms with Gasteiger partial charge in [-0.25, -0.2) is 0 Å². The molecule has 0 radical (unpaired) electrons. The summed E-state index contributed by atoms with van der Waals surface area (Å²) < 4.78 is 0. The van der Waals surface area contributed by atoms with Gasteiger partial charge in [-0.3, -0.25) is 4.90 Å². The maximum absolute atomic E-state index is 2.42. The molecule has 0 bridgehead atoms. The lowest BCUT2D eigenvalue weighted by Gasteiger charge is -2.28. The largest absolute Gasteiger partial charge is 0.299 e. The second kappa shape index (κ2) is 4.43. The smallest absolute Gasteiger partial charge is 0.0315 e. The first-order valence-electron chi connectivity index (χ1n) is 5.27. The first-order chi connectivity index (χ1) is 6.86. The lowest BCUT2D eigenvalue weighted by atomic mass is 10.0. The summed E-state index contributed by atoms with van der Waals surface area (Å²) in [5.74, 6) is 0. The van der Waals surface area contributed by atoms with Gasteiger partial charge in [0.25, 0.3) is 0 Å². The summed E-state index contributed by atoms with van der Waals surface area (Å²) in [6.07, 6.45) is 6.96. The summed E-state index contributed by atoms with van der Waals surface area (Å²) >= 11 is 0. The molecule has 14 heavy (non-hydrogen) atoms. The van der Waals surface area contributed by atoms with Crippen molar-refractivity contribution in [2.75, 3.05) is 13.6 Å². The quantitative estimate of drug-likeness (QED) is 0.643. The van der Waals surface area contributed by atoms with Crippen molar-refractivity contribution < 1.29 is 0 Å². The molecule has 1 aliphatic rings. The fraction of sp³-hybridized carbons (Fsp3) is 0.385. The van der Waals surface area contributed by atoms with Crippen LogP contribution in [0.2, 0.25) is 0 Å². The lowest BCUT2D eigenvalue weighted by Crippen LogP contribution is -2.34. The molecule has 0 spiro atoms. The Morgan fingerprint density at radius 2 is 2.07 bits per heavy atom. The number of hydrogen-bond acceptors (Lipinski definition) is 1. The van der Waals surface area contributed by atoms with E-state index in [1.54, 1.807) is 0 Å². The number of benzene rings is 1. The van der Waals surface area contributed by atoms with E-state index < -0.39 is 0 Å². The van der Waals surface area contributed by atoms with Gasteiger partial charge >= 0.3 is 0 Å². The highest BCUT2D eigenvalue weighted by Gasteiger charge is 2.14. The standard InChI is InChI=1S/C13H17N/c1-14-10-6-5-9-13(14)11-12-7-3-2-4-8-12/h2-5,7-9,13H,6,10-11H2,1H3/t13-/m1/s1. The number of rotatable bonds is 2. The molecular weight excluding hydrogens is 170 g/mol. The average molecular weight is 187 g/mol. The minimum Gasteiger partial charge on any atom is -0.299 e. The molecule has 0 N–H and O–H groups in total. The molecule has 1 aromatic rings. The molecule has 0 saturated carbocycles. The molecule has 2 rings (SSSR count). The first kappa shape index (κ1) is 9.47. The van der Waals surface area contributed by atoms with Crippen LogP contribution in [0.25, 0.3) is 0 Å². The minimum atomic E-state index is 0.589. The molecule has 74 valence electrons. The lowest BCUT2D eigenvalue weighted by molar-refractivity contribution is 0.273. The average Bonchev–Trinajstić information content (AvgIpc) is 2.23. The second-order valence-corrected chi connectivity index (χ2v) is 3.95. The van der Waals surface area contributed by atoms with E-state index in [1.807, 2.05) is 0 Å². The van der Waals surface area contributed by atoms with Gasteiger partial charge in [-0.2, -0.15) is 0 Å². The molecule has 0 aliphatic carbocycles. The zero-order valence-electron chi connectivity index (χ0n) is 8.69. The Morgan fingerprint density at radius 1 is 1.29 bits per heavy atom. The Balaban J connectivity index is 2.03. The van der Waals surface area contributed by atoms with Crippen molar-refractivity contribution in [2.24, 2.45) is 0 Å². The van der Waals surface area contributed by atoms with Gasteiger partial charge in [-0.15, -0.1) is 0 Å². The first-order valence-corrected chi connectivity index (χ1v) is 5.27. The van der Waals surface area contributed by atoms with Crippen LogP contribution in [0.3, 0.4) is 0 Å². The molecule has 1 heterocycles. The van der Waals surface area contributed by atoms with E-state index in [-0.39, 0.29) is 0 Å². The molecule has 1 atom stereocenters. The van der Waals surface area contributed by atoms with Crippen molar-refractivity contribution in [3.8, 4) is 0 Å². The fourth-order valence-electron chi connectivity index (χ4n) is 1.92. The SMILES string of the molecule is CN1CCC=C[C@@H]1Cc1ccccc1. The fourth-order valence-corrected chi connectivity index (χ4v) is 1.92. The Bertz CT molecular complexity index is 302. The predicted molar refractivity (Wildman–Crippen MR) is 60.3 cm³/mol. The summed E-state index contributed by atoms with van der Waals surface area (Å²) in [5, 5.41) is 0. The molecule has 1 nitrogen and oxygen atoms in total. The topological polar surface area (TPSA) is 3.24 Å². The van der Waals surface area contributed by atoms with Crippen LogP contribution in [0, 0.1) is 0 Å². The van der Waals surface area contributed by atoms with Crippen LogP contribution in [0.4, 0.5) is 0 Å². The van der Waals surface area contributed by atoms with Gasteiger partial charge in [0.2, 0.25) is 0 Å². The Hall–Kier alpha value is -1.08. The number of nitrogens with zero attached hydrogens (tertiary/aromatic N) is 1. The summed E-state index contributed by atoms with van der Waals surface area (Å²) in [7, 11) is 2.21. The molecular formula is C13H17N. The zero-order valence-corrected chi connectivity index (χ0v) is 8.69. The van der Waals surface area contributed by atoms with Crippen molar-refractivity contribution in [2.45, 2.75) is 18.9 Å². The highest BCUT2D eigenvalue weighted by molar-refractivity contribution is 5.18. The summed E-state index contributed by atoms with van der Waals surface area (Å²) in [6.45, 7) is 1.19. The number of likely N-dealkylation sites (N-methyl/N-ethyl adjacent to an activating group) is 1. The summed E-state index contributed by atoms with van der Waals surface area (Å²) in [6, 6.07) is 11.3. The molecule has 0 unspecified atom stereocenters. The third kappa shape index (κ3) is 2.24. The Labute approximate surface area is 86.1 Å². The molecule has 0 amide bonds. The van der Waals surface area contributed by atoms with Gasteiger partial charge < -0.3 is 0 Å². The maximum atomic E-state index is 2.42. The molecule has 1 aliphatic heterocycles. The zero-order chi connectivity index (χ0) is 9.80. The third-order valence-corrected chi connectivity index (χ3v) is 2.86. The van der Waals surface area contributed by atoms with E-state index in [0.717, 1.165) is 6.42 Å². The van der Waals surface area contributed by atoms with Gasteiger partial charge in [0.05, 0.1) is 0 Å². The van der Waals surface area contributed by atoms with Crippen LogP contribution in [-0.2, 0) is 6.42 Å². The third-order valence-electron chi connectivity index (χ3n) is 2.86. The maximum Gasteiger partial charge on any atom is 0.0315 e. The van der Waals surface area contributed by atoms with Gasteiger partial charge in [-0.1, -0.05) is 42.5 Å². The van der Waals surface area contributed by atoms with E-state index in [9.17, 15) is 0 Å². The van der Waals surface area contributed by atoms with Crippen LogP contribution in [0.15, 0.2) is 42.5 Å². The summed E-state index contributed by atoms with van der Waals surface area (Å²) in [5.41, 5.74) is 1.43. The van der Waals surface area contributed by atoms with Gasteiger partial charge in [0.1, 0.15) is 0 Å². The van der Waals surface area contributed by atoms with Crippen molar-refractivity contribution in [1.29, 1.82) is 0 Å². The van der Waals surface area contributed by atoms with Crippen LogP contribution in [-0.4, -0.2) is 24.5 Å². The van der Waals surface area contributed by atoms with Crippen LogP contribution in [0.5, 0.6) is 0 Å². The normalized spacial score (nSPS) is 22.5. The number of hydrogen-bond donors (Lipinski definition) is 0. The van der Waals surface area contributed by atoms with Gasteiger partial charge in [0.15, 0.2) is 0 Å². The Morgan fingerprint density at radius 3 is 2.79 bits per heavy atom. The monoisotopic (exact) mass is 187 g/mol.